The summed E-state index contributed by atoms with van der Waals surface area (Å²) in [5, 5.41) is 18.6. The molecule has 3 aromatic rings. The normalized spacial score (nSPS) is 12.6. The number of nitro groups is 1. The third-order valence-corrected chi connectivity index (χ3v) is 5.87. The Kier molecular flexibility index (Phi) is 5.10. The largest absolute Gasteiger partial charge is 0.310 e. The Morgan fingerprint density at radius 2 is 1.97 bits per heavy atom. The number of hydrogen-bond donors (Lipinski definition) is 1. The summed E-state index contributed by atoms with van der Waals surface area (Å²) in [5.41, 5.74) is 6.00. The van der Waals surface area contributed by atoms with E-state index in [1.807, 2.05) is 30.7 Å². The smallest absolute Gasteiger partial charge is 0.269 e. The Balaban J connectivity index is 1.61. The molecule has 2 heterocycles. The average molecular weight is 408 g/mol. The van der Waals surface area contributed by atoms with Crippen molar-refractivity contribution in [1.82, 2.24) is 9.78 Å². The summed E-state index contributed by atoms with van der Waals surface area (Å²) in [6.45, 7) is 4.08. The zero-order valence-electron chi connectivity index (χ0n) is 16.1. The van der Waals surface area contributed by atoms with E-state index in [-0.39, 0.29) is 18.0 Å². The van der Waals surface area contributed by atoms with Crippen LogP contribution in [-0.2, 0) is 22.7 Å². The molecule has 7 nitrogen and oxygen atoms in total. The monoisotopic (exact) mass is 408 g/mol. The molecule has 2 aromatic carbocycles. The van der Waals surface area contributed by atoms with Gasteiger partial charge >= 0.3 is 0 Å². The van der Waals surface area contributed by atoms with Gasteiger partial charge in [-0.15, -0.1) is 0 Å². The van der Waals surface area contributed by atoms with Gasteiger partial charge in [0.1, 0.15) is 5.82 Å². The number of hydrogen-bond acceptors (Lipinski definition) is 5. The van der Waals surface area contributed by atoms with Crippen molar-refractivity contribution in [3.63, 3.8) is 0 Å². The molecule has 0 aliphatic carbocycles. The highest BCUT2D eigenvalue weighted by atomic mass is 32.2. The summed E-state index contributed by atoms with van der Waals surface area (Å²) in [5.74, 6) is 2.18. The van der Waals surface area contributed by atoms with E-state index in [0.717, 1.165) is 39.6 Å². The van der Waals surface area contributed by atoms with Gasteiger partial charge in [0, 0.05) is 29.2 Å². The van der Waals surface area contributed by atoms with Gasteiger partial charge in [0.2, 0.25) is 5.91 Å². The minimum absolute atomic E-state index is 0.0110. The summed E-state index contributed by atoms with van der Waals surface area (Å²) < 4.78 is 1.83. The second-order valence-electron chi connectivity index (χ2n) is 7.12. The lowest BCUT2D eigenvalue weighted by Crippen LogP contribution is -2.18. The Morgan fingerprint density at radius 3 is 2.66 bits per heavy atom. The van der Waals surface area contributed by atoms with Crippen LogP contribution in [0, 0.1) is 24.0 Å². The number of aromatic nitrogens is 2. The van der Waals surface area contributed by atoms with Crippen molar-refractivity contribution in [2.24, 2.45) is 0 Å². The van der Waals surface area contributed by atoms with E-state index < -0.39 is 4.92 Å². The standard InChI is InChI=1S/C21H20N4O3S/c1-13-3-8-19(14(2)9-13)24-21(17-11-29-12-18(17)23-24)22-20(26)10-15-4-6-16(7-5-15)25(27)28/h3-9H,10-12H2,1-2H3,(H,22,26). The molecule has 0 saturated heterocycles. The number of fused-ring (bicyclic) bond motifs is 1. The topological polar surface area (TPSA) is 90.1 Å². The first kappa shape index (κ1) is 19.2. The first-order valence-electron chi connectivity index (χ1n) is 9.21. The molecule has 0 saturated carbocycles. The maximum Gasteiger partial charge on any atom is 0.269 e. The van der Waals surface area contributed by atoms with Gasteiger partial charge in [0.15, 0.2) is 0 Å². The number of nitrogens with one attached hydrogen (secondary N) is 1. The highest BCUT2D eigenvalue weighted by Crippen LogP contribution is 2.36. The number of benzene rings is 2. The molecule has 4 rings (SSSR count). The van der Waals surface area contributed by atoms with Crippen LogP contribution in [0.2, 0.25) is 0 Å². The zero-order chi connectivity index (χ0) is 20.5. The molecule has 1 aliphatic heterocycles. The molecule has 0 unspecified atom stereocenters. The fourth-order valence-electron chi connectivity index (χ4n) is 3.46. The van der Waals surface area contributed by atoms with E-state index in [1.54, 1.807) is 23.9 Å². The van der Waals surface area contributed by atoms with Crippen LogP contribution in [0.3, 0.4) is 0 Å². The highest BCUT2D eigenvalue weighted by molar-refractivity contribution is 7.98. The summed E-state index contributed by atoms with van der Waals surface area (Å²) in [4.78, 5) is 23.1. The Bertz CT molecular complexity index is 1110. The molecule has 0 bridgehead atoms. The van der Waals surface area contributed by atoms with E-state index >= 15 is 0 Å². The number of anilines is 1. The van der Waals surface area contributed by atoms with Crippen LogP contribution in [0.25, 0.3) is 5.69 Å². The van der Waals surface area contributed by atoms with Gasteiger partial charge in [-0.25, -0.2) is 4.68 Å². The van der Waals surface area contributed by atoms with Crippen molar-refractivity contribution in [2.45, 2.75) is 31.8 Å². The number of carbonyl (C=O) groups is 1. The second kappa shape index (κ2) is 7.71. The lowest BCUT2D eigenvalue weighted by molar-refractivity contribution is -0.384. The van der Waals surface area contributed by atoms with Crippen LogP contribution in [0.5, 0.6) is 0 Å². The number of nitro benzene ring substituents is 1. The van der Waals surface area contributed by atoms with Crippen molar-refractivity contribution < 1.29 is 9.72 Å². The second-order valence-corrected chi connectivity index (χ2v) is 8.10. The van der Waals surface area contributed by atoms with E-state index in [1.165, 1.54) is 17.7 Å². The fraction of sp³-hybridized carbons (Fsp3) is 0.238. The first-order valence-corrected chi connectivity index (χ1v) is 10.4. The minimum Gasteiger partial charge on any atom is -0.310 e. The van der Waals surface area contributed by atoms with Gasteiger partial charge < -0.3 is 5.32 Å². The average Bonchev–Trinajstić information content (AvgIpc) is 3.25. The van der Waals surface area contributed by atoms with E-state index in [9.17, 15) is 14.9 Å². The molecule has 1 aromatic heterocycles. The van der Waals surface area contributed by atoms with Crippen LogP contribution < -0.4 is 5.32 Å². The molecule has 29 heavy (non-hydrogen) atoms. The molecular weight excluding hydrogens is 388 g/mol. The Labute approximate surface area is 172 Å². The van der Waals surface area contributed by atoms with Gasteiger partial charge in [-0.2, -0.15) is 16.9 Å². The lowest BCUT2D eigenvalue weighted by Gasteiger charge is -2.13. The molecule has 0 radical (unpaired) electrons. The fourth-order valence-corrected chi connectivity index (χ4v) is 4.49. The van der Waals surface area contributed by atoms with Gasteiger partial charge in [0.25, 0.3) is 5.69 Å². The van der Waals surface area contributed by atoms with Crippen molar-refractivity contribution in [2.75, 3.05) is 5.32 Å². The van der Waals surface area contributed by atoms with Crippen LogP contribution in [0.1, 0.15) is 27.9 Å². The summed E-state index contributed by atoms with van der Waals surface area (Å²) in [6, 6.07) is 12.2. The summed E-state index contributed by atoms with van der Waals surface area (Å²) >= 11 is 1.78. The molecule has 1 N–H and O–H groups in total. The third kappa shape index (κ3) is 3.88. The molecule has 0 fully saturated rings. The summed E-state index contributed by atoms with van der Waals surface area (Å²) in [7, 11) is 0. The Hall–Kier alpha value is -3.13. The van der Waals surface area contributed by atoms with Crippen LogP contribution >= 0.6 is 11.8 Å². The SMILES string of the molecule is Cc1ccc(-n2nc3c(c2NC(=O)Cc2ccc([N+](=O)[O-])cc2)CSC3)c(C)c1. The molecule has 8 heteroatoms. The molecule has 0 atom stereocenters. The van der Waals surface area contributed by atoms with Crippen molar-refractivity contribution in [3.05, 3.63) is 80.5 Å². The molecular formula is C21H20N4O3S. The Morgan fingerprint density at radius 1 is 1.21 bits per heavy atom. The number of carbonyl (C=O) groups excluding carboxylic acids is 1. The molecule has 1 aliphatic rings. The lowest BCUT2D eigenvalue weighted by atomic mass is 10.1. The predicted octanol–water partition coefficient (Wildman–Crippen LogP) is 4.33. The number of aryl methyl sites for hydroxylation is 2. The van der Waals surface area contributed by atoms with E-state index in [4.69, 9.17) is 5.10 Å². The van der Waals surface area contributed by atoms with Crippen molar-refractivity contribution in [1.29, 1.82) is 0 Å². The maximum absolute atomic E-state index is 12.7. The molecule has 0 spiro atoms. The number of amides is 1. The maximum atomic E-state index is 12.7. The van der Waals surface area contributed by atoms with Gasteiger partial charge in [-0.1, -0.05) is 29.8 Å². The number of thioether (sulfide) groups is 1. The number of rotatable bonds is 5. The van der Waals surface area contributed by atoms with Crippen molar-refractivity contribution >= 4 is 29.2 Å². The zero-order valence-corrected chi connectivity index (χ0v) is 17.0. The predicted molar refractivity (Wildman–Crippen MR) is 113 cm³/mol. The quantitative estimate of drug-likeness (QED) is 0.501. The first-order chi connectivity index (χ1) is 13.9. The number of nitrogens with zero attached hydrogens (tertiary/aromatic N) is 3. The van der Waals surface area contributed by atoms with Crippen LogP contribution in [0.15, 0.2) is 42.5 Å². The number of non-ortho nitro benzene ring substituents is 1. The van der Waals surface area contributed by atoms with Crippen LogP contribution in [-0.4, -0.2) is 20.6 Å². The van der Waals surface area contributed by atoms with Gasteiger partial charge in [-0.3, -0.25) is 14.9 Å². The van der Waals surface area contributed by atoms with Gasteiger partial charge in [-0.05, 0) is 31.0 Å². The highest BCUT2D eigenvalue weighted by Gasteiger charge is 2.25. The third-order valence-electron chi connectivity index (χ3n) is 4.90. The molecule has 148 valence electrons. The van der Waals surface area contributed by atoms with E-state index in [0.29, 0.717) is 5.82 Å². The molecule has 1 amide bonds. The summed E-state index contributed by atoms with van der Waals surface area (Å²) in [6.07, 6.45) is 0.137. The van der Waals surface area contributed by atoms with Crippen molar-refractivity contribution in [3.8, 4) is 5.69 Å². The van der Waals surface area contributed by atoms with Gasteiger partial charge in [0.05, 0.1) is 22.7 Å². The van der Waals surface area contributed by atoms with Crippen LogP contribution in [0.4, 0.5) is 11.5 Å². The van der Waals surface area contributed by atoms with E-state index in [2.05, 4.69) is 11.4 Å². The minimum atomic E-state index is -0.451.